The van der Waals surface area contributed by atoms with Gasteiger partial charge in [-0.3, -0.25) is 13.9 Å². The molecule has 8 heteroatoms. The minimum absolute atomic E-state index is 0.00502. The molecule has 120 valence electrons. The quantitative estimate of drug-likeness (QED) is 0.653. The van der Waals surface area contributed by atoms with Crippen LogP contribution in [0, 0.1) is 11.3 Å². The van der Waals surface area contributed by atoms with Crippen molar-refractivity contribution in [2.75, 3.05) is 0 Å². The normalized spacial score (nSPS) is 10.8. The summed E-state index contributed by atoms with van der Waals surface area (Å²) in [5, 5.41) is 15.8. The molecule has 24 heavy (non-hydrogen) atoms. The Morgan fingerprint density at radius 3 is 2.58 bits per heavy atom. The lowest BCUT2D eigenvalue weighted by Crippen LogP contribution is -2.47. The number of nitrogens with two attached hydrogens (primary N) is 1. The second kappa shape index (κ2) is 5.51. The molecule has 0 aliphatic carbocycles. The van der Waals surface area contributed by atoms with E-state index in [-0.39, 0.29) is 27.8 Å². The molecule has 0 aliphatic rings. The van der Waals surface area contributed by atoms with Crippen LogP contribution >= 0.6 is 11.6 Å². The van der Waals surface area contributed by atoms with Gasteiger partial charge < -0.3 is 4.42 Å². The topological polar surface area (TPSA) is 107 Å². The second-order valence-corrected chi connectivity index (χ2v) is 5.66. The lowest BCUT2D eigenvalue weighted by atomic mass is 9.99. The van der Waals surface area contributed by atoms with E-state index in [0.717, 1.165) is 4.57 Å². The predicted molar refractivity (Wildman–Crippen MR) is 86.9 cm³/mol. The molecular formula is C16H12ClN4O3+. The predicted octanol–water partition coefficient (Wildman–Crippen LogP) is -0.318. The van der Waals surface area contributed by atoms with Gasteiger partial charge in [-0.25, -0.2) is 10.2 Å². The zero-order valence-corrected chi connectivity index (χ0v) is 13.6. The molecule has 7 nitrogen and oxygen atoms in total. The maximum atomic E-state index is 12.7. The van der Waals surface area contributed by atoms with Crippen molar-refractivity contribution in [2.24, 2.45) is 14.1 Å². The molecule has 0 saturated carbocycles. The van der Waals surface area contributed by atoms with Crippen LogP contribution in [0.15, 0.2) is 38.3 Å². The Morgan fingerprint density at radius 2 is 1.96 bits per heavy atom. The minimum atomic E-state index is -0.580. The third-order valence-electron chi connectivity index (χ3n) is 3.79. The van der Waals surface area contributed by atoms with Crippen LogP contribution in [-0.2, 0) is 14.1 Å². The third kappa shape index (κ3) is 2.16. The van der Waals surface area contributed by atoms with Gasteiger partial charge in [-0.15, -0.1) is 0 Å². The van der Waals surface area contributed by atoms with Crippen LogP contribution in [0.2, 0.25) is 5.02 Å². The van der Waals surface area contributed by atoms with Gasteiger partial charge in [0.05, 0.1) is 0 Å². The van der Waals surface area contributed by atoms with Crippen LogP contribution in [0.25, 0.3) is 22.2 Å². The molecule has 3 rings (SSSR count). The molecule has 0 saturated heterocycles. The fourth-order valence-corrected chi connectivity index (χ4v) is 2.80. The molecule has 0 spiro atoms. The molecule has 0 unspecified atom stereocenters. The van der Waals surface area contributed by atoms with Crippen LogP contribution in [0.4, 0.5) is 0 Å². The van der Waals surface area contributed by atoms with E-state index in [2.05, 4.69) is 0 Å². The van der Waals surface area contributed by atoms with Crippen molar-refractivity contribution in [3.8, 4) is 17.2 Å². The fourth-order valence-electron chi connectivity index (χ4n) is 2.61. The first-order chi connectivity index (χ1) is 11.4. The van der Waals surface area contributed by atoms with Crippen LogP contribution in [0.5, 0.6) is 0 Å². The zero-order chi connectivity index (χ0) is 17.6. The number of fused-ring (bicyclic) bond motifs is 1. The van der Waals surface area contributed by atoms with E-state index < -0.39 is 11.2 Å². The van der Waals surface area contributed by atoms with Gasteiger partial charge in [0.15, 0.2) is 5.56 Å². The van der Waals surface area contributed by atoms with Gasteiger partial charge in [-0.1, -0.05) is 23.7 Å². The Kier molecular flexibility index (Phi) is 3.62. The Hall–Kier alpha value is -3.11. The SMILES string of the molecule is Cn1c(=O)c2c(-c3cccc(Cl)c3)c(C#N)c(=[NH2+])oc2n(C)c1=O. The summed E-state index contributed by atoms with van der Waals surface area (Å²) in [5.74, 6) is 0. The molecule has 1 aromatic carbocycles. The molecule has 2 N–H and O–H groups in total. The number of aromatic nitrogens is 2. The average Bonchev–Trinajstić information content (AvgIpc) is 2.57. The highest BCUT2D eigenvalue weighted by Gasteiger charge is 2.23. The molecular weight excluding hydrogens is 332 g/mol. The standard InChI is InChI=1S/C16H11ClN4O3/c1-20-14(22)12-11(8-4-3-5-9(17)6-8)10(7-18)13(19)24-15(12)21(2)16(20)23/h3-6,19H,1-2H3/p+1. The Bertz CT molecular complexity index is 1210. The Labute approximate surface area is 140 Å². The number of nitriles is 1. The number of nitrogens with zero attached hydrogens (tertiary/aromatic N) is 3. The van der Waals surface area contributed by atoms with Crippen LogP contribution in [0.3, 0.4) is 0 Å². The molecule has 0 fully saturated rings. The highest BCUT2D eigenvalue weighted by atomic mass is 35.5. The summed E-state index contributed by atoms with van der Waals surface area (Å²) >= 11 is 6.03. The van der Waals surface area contributed by atoms with Gasteiger partial charge >= 0.3 is 11.2 Å². The third-order valence-corrected chi connectivity index (χ3v) is 4.02. The van der Waals surface area contributed by atoms with Crippen molar-refractivity contribution in [2.45, 2.75) is 0 Å². The van der Waals surface area contributed by atoms with Crippen molar-refractivity contribution in [1.29, 1.82) is 5.26 Å². The van der Waals surface area contributed by atoms with E-state index in [1.165, 1.54) is 18.7 Å². The van der Waals surface area contributed by atoms with Crippen molar-refractivity contribution < 1.29 is 9.83 Å². The van der Waals surface area contributed by atoms with Gasteiger partial charge in [0.1, 0.15) is 11.5 Å². The summed E-state index contributed by atoms with van der Waals surface area (Å²) in [7, 11) is 2.81. The molecule has 0 bridgehead atoms. The summed E-state index contributed by atoms with van der Waals surface area (Å²) in [6.45, 7) is 0. The van der Waals surface area contributed by atoms with E-state index >= 15 is 0 Å². The number of hydrogen-bond acceptors (Lipinski definition) is 4. The summed E-state index contributed by atoms with van der Waals surface area (Å²) in [5.41, 5.74) is -0.490. The minimum Gasteiger partial charge on any atom is -0.386 e. The van der Waals surface area contributed by atoms with Crippen molar-refractivity contribution in [3.05, 3.63) is 61.2 Å². The van der Waals surface area contributed by atoms with E-state index in [1.807, 2.05) is 6.07 Å². The number of aryl methyl sites for hydroxylation is 1. The van der Waals surface area contributed by atoms with E-state index in [4.69, 9.17) is 21.4 Å². The summed E-state index contributed by atoms with van der Waals surface area (Å²) < 4.78 is 7.51. The first-order valence-corrected chi connectivity index (χ1v) is 7.26. The molecule has 0 radical (unpaired) electrons. The maximum absolute atomic E-state index is 12.7. The zero-order valence-electron chi connectivity index (χ0n) is 12.8. The molecule has 3 aromatic rings. The van der Waals surface area contributed by atoms with Gasteiger partial charge in [0.25, 0.3) is 5.56 Å². The Balaban J connectivity index is 2.71. The number of benzene rings is 1. The number of halogens is 1. The molecule has 0 amide bonds. The lowest BCUT2D eigenvalue weighted by molar-refractivity contribution is -0.197. The van der Waals surface area contributed by atoms with E-state index in [1.54, 1.807) is 24.3 Å². The first-order valence-electron chi connectivity index (χ1n) is 6.88. The van der Waals surface area contributed by atoms with Gasteiger partial charge in [0, 0.05) is 24.7 Å². The summed E-state index contributed by atoms with van der Waals surface area (Å²) in [4.78, 5) is 24.8. The maximum Gasteiger partial charge on any atom is 0.384 e. The largest absolute Gasteiger partial charge is 0.386 e. The summed E-state index contributed by atoms with van der Waals surface area (Å²) in [6.07, 6.45) is 0. The number of hydrogen-bond donors (Lipinski definition) is 1. The van der Waals surface area contributed by atoms with Gasteiger partial charge in [-0.05, 0) is 17.7 Å². The van der Waals surface area contributed by atoms with Gasteiger partial charge in [-0.2, -0.15) is 5.26 Å². The van der Waals surface area contributed by atoms with Crippen molar-refractivity contribution >= 4 is 22.7 Å². The van der Waals surface area contributed by atoms with Crippen LogP contribution in [-0.4, -0.2) is 9.13 Å². The van der Waals surface area contributed by atoms with E-state index in [0.29, 0.717) is 10.6 Å². The molecule has 0 atom stereocenters. The number of rotatable bonds is 1. The highest BCUT2D eigenvalue weighted by molar-refractivity contribution is 6.30. The van der Waals surface area contributed by atoms with Crippen LogP contribution in [0.1, 0.15) is 5.56 Å². The average molecular weight is 344 g/mol. The lowest BCUT2D eigenvalue weighted by Gasteiger charge is -2.10. The summed E-state index contributed by atoms with van der Waals surface area (Å²) in [6, 6.07) is 8.63. The smallest absolute Gasteiger partial charge is 0.384 e. The monoisotopic (exact) mass is 343 g/mol. The van der Waals surface area contributed by atoms with E-state index in [9.17, 15) is 14.9 Å². The highest BCUT2D eigenvalue weighted by Crippen LogP contribution is 2.29. The van der Waals surface area contributed by atoms with Crippen LogP contribution < -0.4 is 22.2 Å². The molecule has 2 heterocycles. The Morgan fingerprint density at radius 1 is 1.25 bits per heavy atom. The first kappa shape index (κ1) is 15.8. The fraction of sp³-hybridized carbons (Fsp3) is 0.125. The van der Waals surface area contributed by atoms with Crippen molar-refractivity contribution in [1.82, 2.24) is 9.13 Å². The second-order valence-electron chi connectivity index (χ2n) is 5.22. The van der Waals surface area contributed by atoms with Crippen molar-refractivity contribution in [3.63, 3.8) is 0 Å². The molecule has 2 aromatic heterocycles. The molecule has 0 aliphatic heterocycles. The van der Waals surface area contributed by atoms with Gasteiger partial charge in [0.2, 0.25) is 5.71 Å².